The average Bonchev–Trinajstić information content (AvgIpc) is 2.77. The van der Waals surface area contributed by atoms with Crippen LogP contribution in [0.3, 0.4) is 0 Å². The SMILES string of the molecule is CCN(CC)C(=O)CN1CCN(C(=O)C(c2ccccc2)c2ccccc2)CC1. The van der Waals surface area contributed by atoms with Crippen molar-refractivity contribution in [1.82, 2.24) is 14.7 Å². The van der Waals surface area contributed by atoms with E-state index in [0.717, 1.165) is 37.3 Å². The minimum Gasteiger partial charge on any atom is -0.342 e. The summed E-state index contributed by atoms with van der Waals surface area (Å²) in [5.41, 5.74) is 2.03. The second kappa shape index (κ2) is 10.2. The van der Waals surface area contributed by atoms with E-state index in [1.54, 1.807) is 0 Å². The minimum atomic E-state index is -0.291. The zero-order valence-corrected chi connectivity index (χ0v) is 17.5. The molecular formula is C24H31N3O2. The molecule has 2 amide bonds. The molecule has 0 aromatic heterocycles. The van der Waals surface area contributed by atoms with Crippen LogP contribution >= 0.6 is 0 Å². The first-order valence-corrected chi connectivity index (χ1v) is 10.5. The highest BCUT2D eigenvalue weighted by molar-refractivity contribution is 5.87. The molecule has 0 N–H and O–H groups in total. The Morgan fingerprint density at radius 2 is 1.31 bits per heavy atom. The Hall–Kier alpha value is -2.66. The Kier molecular flexibility index (Phi) is 7.42. The molecule has 29 heavy (non-hydrogen) atoms. The quantitative estimate of drug-likeness (QED) is 0.727. The normalized spacial score (nSPS) is 14.8. The fourth-order valence-corrected chi connectivity index (χ4v) is 3.95. The zero-order valence-electron chi connectivity index (χ0n) is 17.5. The molecule has 154 valence electrons. The molecule has 1 saturated heterocycles. The molecule has 0 bridgehead atoms. The summed E-state index contributed by atoms with van der Waals surface area (Å²) in [5, 5.41) is 0. The lowest BCUT2D eigenvalue weighted by Crippen LogP contribution is -2.52. The van der Waals surface area contributed by atoms with Crippen LogP contribution in [-0.2, 0) is 9.59 Å². The number of nitrogens with zero attached hydrogens (tertiary/aromatic N) is 3. The summed E-state index contributed by atoms with van der Waals surface area (Å²) in [6, 6.07) is 20.0. The van der Waals surface area contributed by atoms with Crippen molar-refractivity contribution in [2.75, 3.05) is 45.8 Å². The molecule has 0 spiro atoms. The molecule has 0 saturated carbocycles. The number of hydrogen-bond acceptors (Lipinski definition) is 3. The Balaban J connectivity index is 1.67. The van der Waals surface area contributed by atoms with Gasteiger partial charge in [0.05, 0.1) is 12.5 Å². The van der Waals surface area contributed by atoms with Gasteiger partial charge in [-0.2, -0.15) is 0 Å². The van der Waals surface area contributed by atoms with Gasteiger partial charge in [-0.15, -0.1) is 0 Å². The van der Waals surface area contributed by atoms with Crippen molar-refractivity contribution in [3.8, 4) is 0 Å². The predicted octanol–water partition coefficient (Wildman–Crippen LogP) is 2.83. The summed E-state index contributed by atoms with van der Waals surface area (Å²) in [5.74, 6) is 0.0135. The van der Waals surface area contributed by atoms with Gasteiger partial charge in [-0.1, -0.05) is 60.7 Å². The van der Waals surface area contributed by atoms with Crippen molar-refractivity contribution >= 4 is 11.8 Å². The molecule has 1 aliphatic rings. The monoisotopic (exact) mass is 393 g/mol. The fourth-order valence-electron chi connectivity index (χ4n) is 3.95. The van der Waals surface area contributed by atoms with E-state index in [9.17, 15) is 9.59 Å². The van der Waals surface area contributed by atoms with E-state index in [1.165, 1.54) is 0 Å². The van der Waals surface area contributed by atoms with Crippen LogP contribution in [0.4, 0.5) is 0 Å². The van der Waals surface area contributed by atoms with Crippen LogP contribution < -0.4 is 0 Å². The highest BCUT2D eigenvalue weighted by Gasteiger charge is 2.30. The third kappa shape index (κ3) is 5.24. The zero-order chi connectivity index (χ0) is 20.6. The van der Waals surface area contributed by atoms with Gasteiger partial charge in [0.25, 0.3) is 0 Å². The first kappa shape index (κ1) is 21.1. The molecule has 1 aliphatic heterocycles. The van der Waals surface area contributed by atoms with E-state index >= 15 is 0 Å². The summed E-state index contributed by atoms with van der Waals surface area (Å²) in [6.45, 7) is 8.69. The van der Waals surface area contributed by atoms with Crippen LogP contribution in [0.1, 0.15) is 30.9 Å². The smallest absolute Gasteiger partial charge is 0.236 e. The second-order valence-corrected chi connectivity index (χ2v) is 7.42. The van der Waals surface area contributed by atoms with E-state index in [0.29, 0.717) is 19.6 Å². The van der Waals surface area contributed by atoms with Gasteiger partial charge >= 0.3 is 0 Å². The third-order valence-corrected chi connectivity index (χ3v) is 5.67. The van der Waals surface area contributed by atoms with Crippen molar-refractivity contribution in [2.45, 2.75) is 19.8 Å². The molecule has 0 aliphatic carbocycles. The molecule has 1 heterocycles. The van der Waals surface area contributed by atoms with Gasteiger partial charge in [-0.25, -0.2) is 0 Å². The van der Waals surface area contributed by atoms with Gasteiger partial charge in [0.1, 0.15) is 0 Å². The lowest BCUT2D eigenvalue weighted by molar-refractivity contribution is -0.135. The Morgan fingerprint density at radius 1 is 0.828 bits per heavy atom. The van der Waals surface area contributed by atoms with Gasteiger partial charge in [-0.05, 0) is 25.0 Å². The number of carbonyl (C=O) groups excluding carboxylic acids is 2. The number of amides is 2. The molecule has 0 atom stereocenters. The topological polar surface area (TPSA) is 43.9 Å². The second-order valence-electron chi connectivity index (χ2n) is 7.42. The summed E-state index contributed by atoms with van der Waals surface area (Å²) in [7, 11) is 0. The van der Waals surface area contributed by atoms with Crippen molar-refractivity contribution in [1.29, 1.82) is 0 Å². The number of rotatable bonds is 7. The van der Waals surface area contributed by atoms with Gasteiger partial charge in [0.15, 0.2) is 0 Å². The van der Waals surface area contributed by atoms with E-state index in [1.807, 2.05) is 84.3 Å². The van der Waals surface area contributed by atoms with Crippen molar-refractivity contribution in [3.05, 3.63) is 71.8 Å². The molecule has 5 nitrogen and oxygen atoms in total. The molecule has 1 fully saturated rings. The minimum absolute atomic E-state index is 0.136. The highest BCUT2D eigenvalue weighted by atomic mass is 16.2. The maximum absolute atomic E-state index is 13.5. The molecule has 5 heteroatoms. The predicted molar refractivity (Wildman–Crippen MR) is 116 cm³/mol. The lowest BCUT2D eigenvalue weighted by atomic mass is 9.90. The van der Waals surface area contributed by atoms with Crippen LogP contribution in [-0.4, -0.2) is 72.3 Å². The van der Waals surface area contributed by atoms with Crippen LogP contribution in [0.5, 0.6) is 0 Å². The van der Waals surface area contributed by atoms with Crippen LogP contribution in [0, 0.1) is 0 Å². The van der Waals surface area contributed by atoms with Crippen LogP contribution in [0.25, 0.3) is 0 Å². The molecule has 2 aromatic rings. The van der Waals surface area contributed by atoms with E-state index in [-0.39, 0.29) is 17.7 Å². The Labute approximate surface area is 173 Å². The molecule has 2 aromatic carbocycles. The molecule has 0 radical (unpaired) electrons. The first-order chi connectivity index (χ1) is 14.1. The van der Waals surface area contributed by atoms with Crippen molar-refractivity contribution < 1.29 is 9.59 Å². The lowest BCUT2D eigenvalue weighted by Gasteiger charge is -2.37. The fraction of sp³-hybridized carbons (Fsp3) is 0.417. The summed E-state index contributed by atoms with van der Waals surface area (Å²) < 4.78 is 0. The largest absolute Gasteiger partial charge is 0.342 e. The number of carbonyl (C=O) groups is 2. The molecular weight excluding hydrogens is 362 g/mol. The van der Waals surface area contributed by atoms with E-state index in [2.05, 4.69) is 4.90 Å². The van der Waals surface area contributed by atoms with Crippen LogP contribution in [0.2, 0.25) is 0 Å². The van der Waals surface area contributed by atoms with Gasteiger partial charge < -0.3 is 9.80 Å². The Morgan fingerprint density at radius 3 is 1.76 bits per heavy atom. The number of benzene rings is 2. The third-order valence-electron chi connectivity index (χ3n) is 5.67. The average molecular weight is 394 g/mol. The first-order valence-electron chi connectivity index (χ1n) is 10.5. The van der Waals surface area contributed by atoms with Gasteiger partial charge in [-0.3, -0.25) is 14.5 Å². The van der Waals surface area contributed by atoms with E-state index in [4.69, 9.17) is 0 Å². The van der Waals surface area contributed by atoms with Gasteiger partial charge in [0.2, 0.25) is 11.8 Å². The summed E-state index contributed by atoms with van der Waals surface area (Å²) in [6.07, 6.45) is 0. The number of likely N-dealkylation sites (N-methyl/N-ethyl adjacent to an activating group) is 1. The summed E-state index contributed by atoms with van der Waals surface area (Å²) in [4.78, 5) is 31.8. The summed E-state index contributed by atoms with van der Waals surface area (Å²) >= 11 is 0. The van der Waals surface area contributed by atoms with Crippen molar-refractivity contribution in [3.63, 3.8) is 0 Å². The maximum atomic E-state index is 13.5. The van der Waals surface area contributed by atoms with Gasteiger partial charge in [0, 0.05) is 39.3 Å². The maximum Gasteiger partial charge on any atom is 0.236 e. The standard InChI is InChI=1S/C24H31N3O2/c1-3-26(4-2)22(28)19-25-15-17-27(18-16-25)24(29)23(20-11-7-5-8-12-20)21-13-9-6-10-14-21/h5-14,23H,3-4,15-19H2,1-2H3. The Bertz CT molecular complexity index is 743. The van der Waals surface area contributed by atoms with E-state index < -0.39 is 0 Å². The number of hydrogen-bond donors (Lipinski definition) is 0. The van der Waals surface area contributed by atoms with Crippen molar-refractivity contribution in [2.24, 2.45) is 0 Å². The van der Waals surface area contributed by atoms with Crippen LogP contribution in [0.15, 0.2) is 60.7 Å². The highest BCUT2D eigenvalue weighted by Crippen LogP contribution is 2.27. The molecule has 3 rings (SSSR count). The number of piperazine rings is 1. The molecule has 0 unspecified atom stereocenters.